The third kappa shape index (κ3) is 1.98. The van der Waals surface area contributed by atoms with Crippen LogP contribution >= 0.6 is 0 Å². The molecule has 0 N–H and O–H groups in total. The minimum absolute atomic E-state index is 0.759. The van der Waals surface area contributed by atoms with Crippen molar-refractivity contribution in [2.75, 3.05) is 20.6 Å². The van der Waals surface area contributed by atoms with Gasteiger partial charge in [-0.15, -0.1) is 0 Å². The van der Waals surface area contributed by atoms with E-state index >= 15 is 0 Å². The lowest BCUT2D eigenvalue weighted by Gasteiger charge is -2.27. The molecule has 1 atom stereocenters. The normalized spacial score (nSPS) is 20.9. The highest BCUT2D eigenvalue weighted by molar-refractivity contribution is 5.32. The van der Waals surface area contributed by atoms with Crippen LogP contribution < -0.4 is 0 Å². The molecule has 1 aliphatic carbocycles. The van der Waals surface area contributed by atoms with Crippen LogP contribution in [0.1, 0.15) is 29.9 Å². The van der Waals surface area contributed by atoms with E-state index in [1.54, 1.807) is 11.1 Å². The molecule has 0 radical (unpaired) electrons. The molecule has 0 aromatic heterocycles. The molecule has 0 unspecified atom stereocenters. The molecule has 1 aromatic carbocycles. The van der Waals surface area contributed by atoms with Crippen LogP contribution in [-0.2, 0) is 6.42 Å². The van der Waals surface area contributed by atoms with Gasteiger partial charge in [-0.3, -0.25) is 0 Å². The van der Waals surface area contributed by atoms with Crippen molar-refractivity contribution in [1.29, 1.82) is 0 Å². The number of fused-ring (bicyclic) bond motifs is 1. The average Bonchev–Trinajstić information content (AvgIpc) is 2.18. The molecule has 1 nitrogen and oxygen atoms in total. The van der Waals surface area contributed by atoms with Crippen molar-refractivity contribution in [1.82, 2.24) is 4.90 Å². The van der Waals surface area contributed by atoms with Crippen molar-refractivity contribution in [3.63, 3.8) is 0 Å². The first-order valence-electron chi connectivity index (χ1n) is 5.50. The van der Waals surface area contributed by atoms with Crippen LogP contribution in [0, 0.1) is 0 Å². The molecule has 0 saturated heterocycles. The number of aryl methyl sites for hydroxylation is 1. The summed E-state index contributed by atoms with van der Waals surface area (Å²) in [6.45, 7) is 1.19. The third-order valence-corrected chi connectivity index (χ3v) is 3.08. The highest BCUT2D eigenvalue weighted by atomic mass is 15.1. The lowest BCUT2D eigenvalue weighted by atomic mass is 9.83. The van der Waals surface area contributed by atoms with Crippen molar-refractivity contribution in [2.24, 2.45) is 0 Å². The molecule has 0 saturated carbocycles. The van der Waals surface area contributed by atoms with Crippen LogP contribution in [0.25, 0.3) is 0 Å². The van der Waals surface area contributed by atoms with Crippen LogP contribution in [-0.4, -0.2) is 25.5 Å². The summed E-state index contributed by atoms with van der Waals surface area (Å²) in [5.41, 5.74) is 3.16. The first kappa shape index (κ1) is 9.72. The van der Waals surface area contributed by atoms with E-state index in [0.717, 1.165) is 5.92 Å². The van der Waals surface area contributed by atoms with Gasteiger partial charge in [-0.25, -0.2) is 0 Å². The Bertz CT molecular complexity index is 304. The van der Waals surface area contributed by atoms with Gasteiger partial charge in [-0.2, -0.15) is 0 Å². The van der Waals surface area contributed by atoms with E-state index in [1.807, 2.05) is 0 Å². The SMILES string of the molecule is CN(C)C[C@H]1CCCc2ccccc21. The first-order chi connectivity index (χ1) is 6.77. The lowest BCUT2D eigenvalue weighted by molar-refractivity contribution is 0.352. The molecular formula is C13H19N. The van der Waals surface area contributed by atoms with Gasteiger partial charge in [0.1, 0.15) is 0 Å². The first-order valence-corrected chi connectivity index (χ1v) is 5.50. The van der Waals surface area contributed by atoms with Crippen LogP contribution in [0.15, 0.2) is 24.3 Å². The standard InChI is InChI=1S/C13H19N/c1-14(2)10-12-8-5-7-11-6-3-4-9-13(11)12/h3-4,6,9,12H,5,7-8,10H2,1-2H3/t12-/m1/s1. The van der Waals surface area contributed by atoms with E-state index in [0.29, 0.717) is 0 Å². The topological polar surface area (TPSA) is 3.24 Å². The Balaban J connectivity index is 2.22. The molecule has 0 spiro atoms. The van der Waals surface area contributed by atoms with Gasteiger partial charge in [0.05, 0.1) is 0 Å². The van der Waals surface area contributed by atoms with E-state index in [-0.39, 0.29) is 0 Å². The van der Waals surface area contributed by atoms with Crippen LogP contribution in [0.5, 0.6) is 0 Å². The zero-order valence-electron chi connectivity index (χ0n) is 9.16. The Hall–Kier alpha value is -0.820. The molecule has 0 bridgehead atoms. The number of hydrogen-bond donors (Lipinski definition) is 0. The Kier molecular flexibility index (Phi) is 2.87. The second kappa shape index (κ2) is 4.14. The maximum Gasteiger partial charge on any atom is 0.00443 e. The molecular weight excluding hydrogens is 170 g/mol. The van der Waals surface area contributed by atoms with Gasteiger partial charge in [0, 0.05) is 6.54 Å². The fraction of sp³-hybridized carbons (Fsp3) is 0.538. The predicted octanol–water partition coefficient (Wildman–Crippen LogP) is 2.67. The molecule has 0 aliphatic heterocycles. The molecule has 76 valence electrons. The summed E-state index contributed by atoms with van der Waals surface area (Å²) in [6, 6.07) is 8.93. The summed E-state index contributed by atoms with van der Waals surface area (Å²) >= 11 is 0. The quantitative estimate of drug-likeness (QED) is 0.691. The summed E-state index contributed by atoms with van der Waals surface area (Å²) in [4.78, 5) is 2.30. The van der Waals surface area contributed by atoms with E-state index < -0.39 is 0 Å². The van der Waals surface area contributed by atoms with E-state index in [9.17, 15) is 0 Å². The lowest BCUT2D eigenvalue weighted by Crippen LogP contribution is -2.23. The van der Waals surface area contributed by atoms with Crippen LogP contribution in [0.4, 0.5) is 0 Å². The van der Waals surface area contributed by atoms with Crippen molar-refractivity contribution >= 4 is 0 Å². The van der Waals surface area contributed by atoms with Gasteiger partial charge in [-0.05, 0) is 50.4 Å². The third-order valence-electron chi connectivity index (χ3n) is 3.08. The van der Waals surface area contributed by atoms with Crippen molar-refractivity contribution in [3.8, 4) is 0 Å². The minimum Gasteiger partial charge on any atom is -0.309 e. The summed E-state index contributed by atoms with van der Waals surface area (Å²) in [7, 11) is 4.33. The van der Waals surface area contributed by atoms with Crippen molar-refractivity contribution in [2.45, 2.75) is 25.2 Å². The summed E-state index contributed by atoms with van der Waals surface area (Å²) in [5.74, 6) is 0.759. The highest BCUT2D eigenvalue weighted by Crippen LogP contribution is 2.31. The van der Waals surface area contributed by atoms with Crippen LogP contribution in [0.2, 0.25) is 0 Å². The molecule has 0 amide bonds. The van der Waals surface area contributed by atoms with Crippen molar-refractivity contribution in [3.05, 3.63) is 35.4 Å². The van der Waals surface area contributed by atoms with E-state index in [4.69, 9.17) is 0 Å². The molecule has 14 heavy (non-hydrogen) atoms. The zero-order chi connectivity index (χ0) is 9.97. The Morgan fingerprint density at radius 1 is 1.29 bits per heavy atom. The molecule has 0 heterocycles. The van der Waals surface area contributed by atoms with Gasteiger partial charge in [0.2, 0.25) is 0 Å². The second-order valence-electron chi connectivity index (χ2n) is 4.55. The number of likely N-dealkylation sites (N-methyl/N-ethyl adjacent to an activating group) is 1. The Morgan fingerprint density at radius 2 is 2.07 bits per heavy atom. The average molecular weight is 189 g/mol. The molecule has 1 aliphatic rings. The maximum absolute atomic E-state index is 2.31. The van der Waals surface area contributed by atoms with Crippen molar-refractivity contribution < 1.29 is 0 Å². The maximum atomic E-state index is 2.31. The fourth-order valence-electron chi connectivity index (χ4n) is 2.48. The van der Waals surface area contributed by atoms with Gasteiger partial charge >= 0.3 is 0 Å². The van der Waals surface area contributed by atoms with Gasteiger partial charge in [-0.1, -0.05) is 24.3 Å². The number of hydrogen-bond acceptors (Lipinski definition) is 1. The van der Waals surface area contributed by atoms with Gasteiger partial charge < -0.3 is 4.90 Å². The number of nitrogens with zero attached hydrogens (tertiary/aromatic N) is 1. The second-order valence-corrected chi connectivity index (χ2v) is 4.55. The van der Waals surface area contributed by atoms with E-state index in [1.165, 1.54) is 25.8 Å². The molecule has 2 rings (SSSR count). The van der Waals surface area contributed by atoms with Gasteiger partial charge in [0.15, 0.2) is 0 Å². The zero-order valence-corrected chi connectivity index (χ0v) is 9.16. The monoisotopic (exact) mass is 189 g/mol. The van der Waals surface area contributed by atoms with Crippen LogP contribution in [0.3, 0.4) is 0 Å². The van der Waals surface area contributed by atoms with E-state index in [2.05, 4.69) is 43.3 Å². The molecule has 1 heteroatoms. The summed E-state index contributed by atoms with van der Waals surface area (Å²) in [6.07, 6.45) is 3.99. The molecule has 0 fully saturated rings. The fourth-order valence-corrected chi connectivity index (χ4v) is 2.48. The largest absolute Gasteiger partial charge is 0.309 e. The number of rotatable bonds is 2. The highest BCUT2D eigenvalue weighted by Gasteiger charge is 2.19. The minimum atomic E-state index is 0.759. The predicted molar refractivity (Wildman–Crippen MR) is 60.7 cm³/mol. The smallest absolute Gasteiger partial charge is 0.00443 e. The van der Waals surface area contributed by atoms with Gasteiger partial charge in [0.25, 0.3) is 0 Å². The number of benzene rings is 1. The molecule has 1 aromatic rings. The Morgan fingerprint density at radius 3 is 2.86 bits per heavy atom. The summed E-state index contributed by atoms with van der Waals surface area (Å²) < 4.78 is 0. The summed E-state index contributed by atoms with van der Waals surface area (Å²) in [5, 5.41) is 0. The Labute approximate surface area is 86.7 Å².